The minimum Gasteiger partial charge on any atom is -0.360 e. The van der Waals surface area contributed by atoms with Crippen LogP contribution in [0.25, 0.3) is 0 Å². The average molecular weight is 256 g/mol. The molecule has 1 aliphatic carbocycles. The Labute approximate surface area is 104 Å². The van der Waals surface area contributed by atoms with E-state index in [9.17, 15) is 8.78 Å². The largest absolute Gasteiger partial charge is 0.360 e. The van der Waals surface area contributed by atoms with Gasteiger partial charge in [-0.05, 0) is 37.2 Å². The number of hydrogen-bond acceptors (Lipinski definition) is 1. The Kier molecular flexibility index (Phi) is 3.89. The fourth-order valence-electron chi connectivity index (χ4n) is 2.02. The van der Waals surface area contributed by atoms with Crippen molar-refractivity contribution in [1.82, 2.24) is 5.32 Å². The van der Waals surface area contributed by atoms with Crippen LogP contribution in [0.2, 0.25) is 0 Å². The van der Waals surface area contributed by atoms with Gasteiger partial charge in [-0.3, -0.25) is 0 Å². The summed E-state index contributed by atoms with van der Waals surface area (Å²) in [4.78, 5) is 0. The van der Waals surface area contributed by atoms with Crippen LogP contribution in [0.5, 0.6) is 0 Å². The number of hydrogen-bond donors (Lipinski definition) is 2. The lowest BCUT2D eigenvalue weighted by molar-refractivity contribution is 0.589. The van der Waals surface area contributed by atoms with E-state index in [4.69, 9.17) is 12.2 Å². The van der Waals surface area contributed by atoms with E-state index in [-0.39, 0.29) is 10.8 Å². The normalized spacial score (nSPS) is 15.9. The van der Waals surface area contributed by atoms with Crippen LogP contribution in [0.4, 0.5) is 14.5 Å². The van der Waals surface area contributed by atoms with Gasteiger partial charge in [0.2, 0.25) is 0 Å². The quantitative estimate of drug-likeness (QED) is 0.795. The molecule has 92 valence electrons. The van der Waals surface area contributed by atoms with Gasteiger partial charge in [0.25, 0.3) is 0 Å². The lowest BCUT2D eigenvalue weighted by Crippen LogP contribution is -2.36. The molecule has 0 spiro atoms. The molecule has 2 N–H and O–H groups in total. The summed E-state index contributed by atoms with van der Waals surface area (Å²) in [5, 5.41) is 5.92. The Hall–Kier alpha value is -1.23. The molecule has 0 heterocycles. The van der Waals surface area contributed by atoms with Crippen molar-refractivity contribution in [2.75, 3.05) is 5.32 Å². The molecule has 1 aromatic carbocycles. The Balaban J connectivity index is 1.97. The summed E-state index contributed by atoms with van der Waals surface area (Å²) >= 11 is 5.04. The topological polar surface area (TPSA) is 24.1 Å². The van der Waals surface area contributed by atoms with Crippen molar-refractivity contribution >= 4 is 23.0 Å². The zero-order chi connectivity index (χ0) is 12.3. The smallest absolute Gasteiger partial charge is 0.171 e. The second-order valence-electron chi connectivity index (χ2n) is 4.18. The number of anilines is 1. The molecule has 0 saturated heterocycles. The minimum absolute atomic E-state index is 0.192. The molecule has 1 saturated carbocycles. The molecule has 0 atom stereocenters. The van der Waals surface area contributed by atoms with E-state index in [1.807, 2.05) is 0 Å². The molecule has 1 fully saturated rings. The molecular weight excluding hydrogens is 242 g/mol. The summed E-state index contributed by atoms with van der Waals surface area (Å²) < 4.78 is 26.7. The molecule has 1 aliphatic rings. The van der Waals surface area contributed by atoms with Crippen LogP contribution in [0.1, 0.15) is 25.7 Å². The molecule has 5 heteroatoms. The third-order valence-corrected chi connectivity index (χ3v) is 3.11. The number of benzene rings is 1. The first kappa shape index (κ1) is 12.2. The van der Waals surface area contributed by atoms with Crippen LogP contribution in [-0.4, -0.2) is 11.2 Å². The van der Waals surface area contributed by atoms with Crippen LogP contribution in [0.15, 0.2) is 18.2 Å². The zero-order valence-electron chi connectivity index (χ0n) is 9.30. The summed E-state index contributed by atoms with van der Waals surface area (Å²) in [5.41, 5.74) is -0.192. The highest BCUT2D eigenvalue weighted by molar-refractivity contribution is 7.80. The molecule has 0 aliphatic heterocycles. The van der Waals surface area contributed by atoms with Crippen molar-refractivity contribution in [2.24, 2.45) is 0 Å². The van der Waals surface area contributed by atoms with Gasteiger partial charge in [-0.25, -0.2) is 8.78 Å². The summed E-state index contributed by atoms with van der Waals surface area (Å²) in [6.07, 6.45) is 4.46. The monoisotopic (exact) mass is 256 g/mol. The molecule has 17 heavy (non-hydrogen) atoms. The molecule has 0 bridgehead atoms. The third-order valence-electron chi connectivity index (χ3n) is 2.89. The highest BCUT2D eigenvalue weighted by Gasteiger charge is 2.16. The van der Waals surface area contributed by atoms with Gasteiger partial charge in [-0.1, -0.05) is 18.9 Å². The zero-order valence-corrected chi connectivity index (χ0v) is 10.1. The predicted molar refractivity (Wildman–Crippen MR) is 68.0 cm³/mol. The van der Waals surface area contributed by atoms with E-state index in [1.54, 1.807) is 0 Å². The van der Waals surface area contributed by atoms with Crippen LogP contribution in [0.3, 0.4) is 0 Å². The Morgan fingerprint density at radius 1 is 1.18 bits per heavy atom. The van der Waals surface area contributed by atoms with Gasteiger partial charge < -0.3 is 10.6 Å². The van der Waals surface area contributed by atoms with Gasteiger partial charge in [-0.2, -0.15) is 0 Å². The number of rotatable bonds is 2. The van der Waals surface area contributed by atoms with Crippen molar-refractivity contribution in [2.45, 2.75) is 31.7 Å². The average Bonchev–Trinajstić information content (AvgIpc) is 2.76. The first-order valence-electron chi connectivity index (χ1n) is 5.68. The van der Waals surface area contributed by atoms with Crippen molar-refractivity contribution < 1.29 is 8.78 Å². The molecular formula is C12H14F2N2S. The van der Waals surface area contributed by atoms with E-state index in [1.165, 1.54) is 31.0 Å². The Bertz CT molecular complexity index is 397. The van der Waals surface area contributed by atoms with E-state index >= 15 is 0 Å². The molecule has 2 nitrogen and oxygen atoms in total. The SMILES string of the molecule is Fc1cccc(F)c1NC(=S)NC1CCCC1. The van der Waals surface area contributed by atoms with Crippen LogP contribution >= 0.6 is 12.2 Å². The Morgan fingerprint density at radius 3 is 2.35 bits per heavy atom. The fraction of sp³-hybridized carbons (Fsp3) is 0.417. The fourth-order valence-corrected chi connectivity index (χ4v) is 2.29. The molecule has 0 amide bonds. The first-order chi connectivity index (χ1) is 8.16. The number of halogens is 2. The van der Waals surface area contributed by atoms with E-state index in [0.29, 0.717) is 6.04 Å². The summed E-state index contributed by atoms with van der Waals surface area (Å²) in [5.74, 6) is -1.28. The summed E-state index contributed by atoms with van der Waals surface area (Å²) in [6, 6.07) is 4.04. The van der Waals surface area contributed by atoms with Gasteiger partial charge in [0.1, 0.15) is 17.3 Å². The maximum Gasteiger partial charge on any atom is 0.171 e. The van der Waals surface area contributed by atoms with E-state index in [0.717, 1.165) is 12.8 Å². The van der Waals surface area contributed by atoms with Gasteiger partial charge in [0, 0.05) is 6.04 Å². The van der Waals surface area contributed by atoms with Crippen molar-refractivity contribution in [3.05, 3.63) is 29.8 Å². The number of para-hydroxylation sites is 1. The predicted octanol–water partition coefficient (Wildman–Crippen LogP) is 3.19. The lowest BCUT2D eigenvalue weighted by atomic mass is 10.2. The maximum absolute atomic E-state index is 13.3. The van der Waals surface area contributed by atoms with E-state index < -0.39 is 11.6 Å². The van der Waals surface area contributed by atoms with Crippen LogP contribution < -0.4 is 10.6 Å². The van der Waals surface area contributed by atoms with Crippen molar-refractivity contribution in [3.8, 4) is 0 Å². The highest BCUT2D eigenvalue weighted by Crippen LogP contribution is 2.20. The van der Waals surface area contributed by atoms with E-state index in [2.05, 4.69) is 10.6 Å². The van der Waals surface area contributed by atoms with Gasteiger partial charge >= 0.3 is 0 Å². The minimum atomic E-state index is -0.638. The summed E-state index contributed by atoms with van der Waals surface area (Å²) in [7, 11) is 0. The molecule has 0 radical (unpaired) electrons. The number of nitrogens with one attached hydrogen (secondary N) is 2. The standard InChI is InChI=1S/C12H14F2N2S/c13-9-6-3-7-10(14)11(9)16-12(17)15-8-4-1-2-5-8/h3,6-8H,1-2,4-5H2,(H2,15,16,17). The Morgan fingerprint density at radius 2 is 1.76 bits per heavy atom. The molecule has 2 rings (SSSR count). The van der Waals surface area contributed by atoms with Crippen LogP contribution in [-0.2, 0) is 0 Å². The first-order valence-corrected chi connectivity index (χ1v) is 6.09. The maximum atomic E-state index is 13.3. The second kappa shape index (κ2) is 5.40. The summed E-state index contributed by atoms with van der Waals surface area (Å²) in [6.45, 7) is 0. The molecule has 0 unspecified atom stereocenters. The van der Waals surface area contributed by atoms with Crippen molar-refractivity contribution in [3.63, 3.8) is 0 Å². The molecule has 0 aromatic heterocycles. The number of thiocarbonyl (C=S) groups is 1. The van der Waals surface area contributed by atoms with Crippen LogP contribution in [0, 0.1) is 11.6 Å². The van der Waals surface area contributed by atoms with Gasteiger partial charge in [0.05, 0.1) is 0 Å². The second-order valence-corrected chi connectivity index (χ2v) is 4.58. The third kappa shape index (κ3) is 3.12. The molecule has 1 aromatic rings. The van der Waals surface area contributed by atoms with Crippen molar-refractivity contribution in [1.29, 1.82) is 0 Å². The van der Waals surface area contributed by atoms with Gasteiger partial charge in [0.15, 0.2) is 5.11 Å². The lowest BCUT2D eigenvalue weighted by Gasteiger charge is -2.16. The highest BCUT2D eigenvalue weighted by atomic mass is 32.1. The van der Waals surface area contributed by atoms with Gasteiger partial charge in [-0.15, -0.1) is 0 Å².